The Hall–Kier alpha value is -2.25. The fraction of sp³-hybridized carbons (Fsp3) is 0.591. The largest absolute Gasteiger partial charge is 0.391 e. The predicted octanol–water partition coefficient (Wildman–Crippen LogP) is 0.927. The van der Waals surface area contributed by atoms with Crippen LogP contribution in [0, 0.1) is 6.92 Å². The van der Waals surface area contributed by atoms with Crippen LogP contribution in [0.2, 0.25) is 0 Å². The summed E-state index contributed by atoms with van der Waals surface area (Å²) in [6.45, 7) is 3.66. The van der Waals surface area contributed by atoms with Crippen molar-refractivity contribution in [3.8, 4) is 0 Å². The number of β-amino-alcohol motifs (C(OH)–C–C–N with tert-alkyl or cyclic N) is 1. The molecule has 0 unspecified atom stereocenters. The third-order valence-corrected chi connectivity index (χ3v) is 6.04. The Kier molecular flexibility index (Phi) is 6.39. The molecule has 2 aliphatic heterocycles. The van der Waals surface area contributed by atoms with Crippen LogP contribution in [0.15, 0.2) is 24.3 Å². The zero-order valence-electron chi connectivity index (χ0n) is 17.6. The van der Waals surface area contributed by atoms with Crippen LogP contribution in [0.25, 0.3) is 0 Å². The SMILES string of the molecule is Cc1ccccc1[C@@]1(CC(=O)N2CCC[C@H](O)C2)CC(=O)N(CCN(C)C)C1=O. The Bertz CT molecular complexity index is 794. The van der Waals surface area contributed by atoms with Crippen LogP contribution in [-0.4, -0.2) is 83.9 Å². The van der Waals surface area contributed by atoms with Crippen molar-refractivity contribution in [2.75, 3.05) is 40.3 Å². The summed E-state index contributed by atoms with van der Waals surface area (Å²) in [7, 11) is 3.79. The molecule has 3 rings (SSSR count). The monoisotopic (exact) mass is 401 g/mol. The summed E-state index contributed by atoms with van der Waals surface area (Å²) < 4.78 is 0. The second-order valence-corrected chi connectivity index (χ2v) is 8.54. The van der Waals surface area contributed by atoms with E-state index in [2.05, 4.69) is 0 Å². The van der Waals surface area contributed by atoms with Gasteiger partial charge in [0, 0.05) is 39.0 Å². The molecule has 2 fully saturated rings. The molecule has 0 saturated carbocycles. The molecule has 0 bridgehead atoms. The van der Waals surface area contributed by atoms with Crippen molar-refractivity contribution < 1.29 is 19.5 Å². The number of nitrogens with zero attached hydrogens (tertiary/aromatic N) is 3. The molecule has 0 aliphatic carbocycles. The van der Waals surface area contributed by atoms with Crippen molar-refractivity contribution in [1.82, 2.24) is 14.7 Å². The minimum absolute atomic E-state index is 0.00620. The fourth-order valence-corrected chi connectivity index (χ4v) is 4.43. The topological polar surface area (TPSA) is 81.2 Å². The maximum absolute atomic E-state index is 13.6. The highest BCUT2D eigenvalue weighted by atomic mass is 16.3. The second-order valence-electron chi connectivity index (χ2n) is 8.54. The van der Waals surface area contributed by atoms with Crippen molar-refractivity contribution in [3.63, 3.8) is 0 Å². The lowest BCUT2D eigenvalue weighted by Crippen LogP contribution is -2.47. The lowest BCUT2D eigenvalue weighted by Gasteiger charge is -2.34. The van der Waals surface area contributed by atoms with E-state index in [-0.39, 0.29) is 37.1 Å². The molecular weight excluding hydrogens is 370 g/mol. The van der Waals surface area contributed by atoms with Gasteiger partial charge in [0.25, 0.3) is 0 Å². The van der Waals surface area contributed by atoms with Crippen LogP contribution < -0.4 is 0 Å². The second kappa shape index (κ2) is 8.63. The van der Waals surface area contributed by atoms with Gasteiger partial charge in [-0.3, -0.25) is 19.3 Å². The molecule has 7 heteroatoms. The zero-order chi connectivity index (χ0) is 21.2. The van der Waals surface area contributed by atoms with E-state index in [1.54, 1.807) is 4.90 Å². The van der Waals surface area contributed by atoms with Gasteiger partial charge in [-0.15, -0.1) is 0 Å². The first-order valence-electron chi connectivity index (χ1n) is 10.3. The van der Waals surface area contributed by atoms with Gasteiger partial charge < -0.3 is 14.9 Å². The molecule has 1 N–H and O–H groups in total. The van der Waals surface area contributed by atoms with Crippen molar-refractivity contribution >= 4 is 17.7 Å². The lowest BCUT2D eigenvalue weighted by molar-refractivity contribution is -0.143. The number of carbonyl (C=O) groups is 3. The molecule has 2 aliphatic rings. The average Bonchev–Trinajstić information content (AvgIpc) is 2.90. The van der Waals surface area contributed by atoms with Gasteiger partial charge in [0.2, 0.25) is 17.7 Å². The highest BCUT2D eigenvalue weighted by Gasteiger charge is 2.54. The number of aliphatic hydroxyl groups is 1. The first-order valence-corrected chi connectivity index (χ1v) is 10.3. The molecule has 3 amide bonds. The number of piperidine rings is 1. The van der Waals surface area contributed by atoms with Gasteiger partial charge in [-0.2, -0.15) is 0 Å². The highest BCUT2D eigenvalue weighted by Crippen LogP contribution is 2.41. The smallest absolute Gasteiger partial charge is 0.240 e. The molecule has 158 valence electrons. The molecule has 2 atom stereocenters. The summed E-state index contributed by atoms with van der Waals surface area (Å²) in [5, 5.41) is 9.94. The van der Waals surface area contributed by atoms with Crippen LogP contribution in [0.5, 0.6) is 0 Å². The van der Waals surface area contributed by atoms with E-state index in [1.807, 2.05) is 50.2 Å². The molecule has 0 aromatic heterocycles. The lowest BCUT2D eigenvalue weighted by atomic mass is 9.73. The Labute approximate surface area is 172 Å². The third kappa shape index (κ3) is 4.36. The summed E-state index contributed by atoms with van der Waals surface area (Å²) in [6, 6.07) is 7.50. The van der Waals surface area contributed by atoms with Gasteiger partial charge in [0.15, 0.2) is 0 Å². The van der Waals surface area contributed by atoms with Crippen molar-refractivity contribution in [2.24, 2.45) is 0 Å². The van der Waals surface area contributed by atoms with Crippen LogP contribution in [0.1, 0.15) is 36.8 Å². The number of rotatable bonds is 6. The van der Waals surface area contributed by atoms with Gasteiger partial charge in [0.1, 0.15) is 0 Å². The van der Waals surface area contributed by atoms with Crippen molar-refractivity contribution in [3.05, 3.63) is 35.4 Å². The molecule has 0 radical (unpaired) electrons. The standard InChI is InChI=1S/C22H31N3O4/c1-16-7-4-5-9-18(16)22(13-19(27)24-10-6-8-17(26)15-24)14-20(28)25(21(22)29)12-11-23(2)3/h4-5,7,9,17,26H,6,8,10-15H2,1-3H3/t17-,22+/m0/s1. The van der Waals surface area contributed by atoms with Crippen molar-refractivity contribution in [1.29, 1.82) is 0 Å². The number of likely N-dealkylation sites (N-methyl/N-ethyl adjacent to an activating group) is 1. The zero-order valence-corrected chi connectivity index (χ0v) is 17.6. The van der Waals surface area contributed by atoms with Crippen LogP contribution in [0.4, 0.5) is 0 Å². The Morgan fingerprint density at radius 1 is 1.28 bits per heavy atom. The summed E-state index contributed by atoms with van der Waals surface area (Å²) in [5.74, 6) is -0.696. The van der Waals surface area contributed by atoms with Gasteiger partial charge >= 0.3 is 0 Å². The van der Waals surface area contributed by atoms with E-state index in [9.17, 15) is 19.5 Å². The van der Waals surface area contributed by atoms with E-state index in [0.29, 0.717) is 26.1 Å². The van der Waals surface area contributed by atoms with E-state index >= 15 is 0 Å². The number of aryl methyl sites for hydroxylation is 1. The Morgan fingerprint density at radius 2 is 2.00 bits per heavy atom. The number of aliphatic hydroxyl groups excluding tert-OH is 1. The van der Waals surface area contributed by atoms with Gasteiger partial charge in [0.05, 0.1) is 11.5 Å². The van der Waals surface area contributed by atoms with E-state index in [0.717, 1.165) is 17.5 Å². The normalized spacial score (nSPS) is 25.2. The first kappa shape index (κ1) is 21.5. The minimum atomic E-state index is -1.17. The summed E-state index contributed by atoms with van der Waals surface area (Å²) in [5.41, 5.74) is 0.472. The number of amides is 3. The summed E-state index contributed by atoms with van der Waals surface area (Å²) >= 11 is 0. The highest BCUT2D eigenvalue weighted by molar-refractivity contribution is 6.11. The quantitative estimate of drug-likeness (QED) is 0.717. The van der Waals surface area contributed by atoms with Gasteiger partial charge in [-0.25, -0.2) is 0 Å². The summed E-state index contributed by atoms with van der Waals surface area (Å²) in [6.07, 6.45) is 0.855. The maximum atomic E-state index is 13.6. The number of likely N-dealkylation sites (tertiary alicyclic amines) is 2. The number of carbonyl (C=O) groups excluding carboxylic acids is 3. The maximum Gasteiger partial charge on any atom is 0.240 e. The van der Waals surface area contributed by atoms with Crippen molar-refractivity contribution in [2.45, 2.75) is 44.1 Å². The van der Waals surface area contributed by atoms with Crippen LogP contribution >= 0.6 is 0 Å². The van der Waals surface area contributed by atoms with Crippen LogP contribution in [-0.2, 0) is 19.8 Å². The van der Waals surface area contributed by atoms with Crippen LogP contribution in [0.3, 0.4) is 0 Å². The summed E-state index contributed by atoms with van der Waals surface area (Å²) in [4.78, 5) is 44.4. The number of hydrogen-bond acceptors (Lipinski definition) is 5. The third-order valence-electron chi connectivity index (χ3n) is 6.04. The Morgan fingerprint density at radius 3 is 2.66 bits per heavy atom. The Balaban J connectivity index is 1.93. The van der Waals surface area contributed by atoms with Gasteiger partial charge in [-0.1, -0.05) is 24.3 Å². The van der Waals surface area contributed by atoms with E-state index in [1.165, 1.54) is 4.90 Å². The molecule has 2 heterocycles. The molecule has 0 spiro atoms. The molecule has 1 aromatic rings. The molecule has 2 saturated heterocycles. The number of hydrogen-bond donors (Lipinski definition) is 1. The number of benzene rings is 1. The average molecular weight is 402 g/mol. The first-order chi connectivity index (χ1) is 13.7. The molecule has 7 nitrogen and oxygen atoms in total. The van der Waals surface area contributed by atoms with E-state index < -0.39 is 11.5 Å². The fourth-order valence-electron chi connectivity index (χ4n) is 4.43. The van der Waals surface area contributed by atoms with Gasteiger partial charge in [-0.05, 0) is 45.0 Å². The minimum Gasteiger partial charge on any atom is -0.391 e. The predicted molar refractivity (Wildman–Crippen MR) is 109 cm³/mol. The number of imide groups is 1. The molecule has 29 heavy (non-hydrogen) atoms. The molecule has 1 aromatic carbocycles. The molecular formula is C22H31N3O4. The van der Waals surface area contributed by atoms with E-state index in [4.69, 9.17) is 0 Å².